The molecule has 3 aliphatic rings. The molecule has 2 saturated heterocycles. The predicted molar refractivity (Wildman–Crippen MR) is 195 cm³/mol. The number of carbonyl (C=O) groups excluding carboxylic acids is 2. The normalized spacial score (nSPS) is 17.8. The van der Waals surface area contributed by atoms with Crippen LogP contribution in [0.1, 0.15) is 77.2 Å². The summed E-state index contributed by atoms with van der Waals surface area (Å²) in [6, 6.07) is 6.29. The van der Waals surface area contributed by atoms with Gasteiger partial charge < -0.3 is 24.8 Å². The quantitative estimate of drug-likeness (QED) is 0.232. The lowest BCUT2D eigenvalue weighted by molar-refractivity contribution is -0.137. The average Bonchev–Trinajstić information content (AvgIpc) is 3.67. The first kappa shape index (κ1) is 36.4. The third-order valence-electron chi connectivity index (χ3n) is 11.0. The number of anilines is 2. The number of fused-ring (bicyclic) bond motifs is 3. The Morgan fingerprint density at radius 1 is 1.05 bits per heavy atom. The van der Waals surface area contributed by atoms with E-state index in [2.05, 4.69) is 25.4 Å². The highest BCUT2D eigenvalue weighted by molar-refractivity contribution is 6.33. The molecule has 5 aromatic rings. The zero-order valence-electron chi connectivity index (χ0n) is 30.1. The van der Waals surface area contributed by atoms with E-state index in [9.17, 15) is 32.7 Å². The summed E-state index contributed by atoms with van der Waals surface area (Å²) in [5.74, 6) is -0.856. The molecular weight excluding hydrogens is 741 g/mol. The topological polar surface area (TPSA) is 164 Å². The SMILES string of the molecule is Cc1ccc(-c2nc3n(CC(=O)Nc4ccc(C(F)(F)F)cc4Cl)c4c(c(=O)n3n2)C2(CCN(C(=O)c3ncnc(N5CCC5)c3O)CC2)CC4C)c(C)n1. The van der Waals surface area contributed by atoms with Crippen LogP contribution in [0.5, 0.6) is 5.75 Å². The molecule has 0 bridgehead atoms. The number of aromatic nitrogens is 7. The van der Waals surface area contributed by atoms with Crippen LogP contribution in [0.4, 0.5) is 24.7 Å². The van der Waals surface area contributed by atoms with Crippen molar-refractivity contribution in [2.45, 2.75) is 70.5 Å². The standard InChI is InChI=1S/C37H36ClF3N10O4/c1-19-16-36(9-13-49(14-10-36)34(55)28-30(53)32(43-18-42-28)48-11-4-12-48)27-29(19)50(17-26(52)45-25-8-6-22(15-24(25)38)37(39,40)41)35-46-31(47-51(35)33(27)54)23-7-5-20(2)44-21(23)3/h5-8,15,18-19,53H,4,9-14,16-17H2,1-3H3,(H,45,52). The third kappa shape index (κ3) is 6.23. The van der Waals surface area contributed by atoms with Crippen molar-refractivity contribution in [1.29, 1.82) is 0 Å². The fourth-order valence-corrected chi connectivity index (χ4v) is 8.44. The third-order valence-corrected chi connectivity index (χ3v) is 11.3. The molecule has 1 aromatic carbocycles. The van der Waals surface area contributed by atoms with Crippen molar-refractivity contribution >= 4 is 40.7 Å². The van der Waals surface area contributed by atoms with Crippen LogP contribution in [0, 0.1) is 13.8 Å². The Morgan fingerprint density at radius 2 is 1.80 bits per heavy atom. The number of hydrogen-bond donors (Lipinski definition) is 2. The number of pyridine rings is 1. The fraction of sp³-hybridized carbons (Fsp3) is 0.405. The van der Waals surface area contributed by atoms with Crippen LogP contribution in [0.15, 0.2) is 41.5 Å². The predicted octanol–water partition coefficient (Wildman–Crippen LogP) is 5.27. The number of carbonyl (C=O) groups is 2. The number of likely N-dealkylation sites (tertiary alicyclic amines) is 1. The second kappa shape index (κ2) is 13.3. The molecule has 1 unspecified atom stereocenters. The average molecular weight is 777 g/mol. The van der Waals surface area contributed by atoms with Crippen molar-refractivity contribution in [1.82, 2.24) is 39.0 Å². The van der Waals surface area contributed by atoms with Crippen molar-refractivity contribution < 1.29 is 27.9 Å². The van der Waals surface area contributed by atoms with E-state index in [1.54, 1.807) is 22.5 Å². The summed E-state index contributed by atoms with van der Waals surface area (Å²) >= 11 is 6.18. The molecular formula is C37H36ClF3N10O4. The van der Waals surface area contributed by atoms with Crippen molar-refractivity contribution in [3.63, 3.8) is 0 Å². The molecule has 286 valence electrons. The van der Waals surface area contributed by atoms with Crippen molar-refractivity contribution in [3.8, 4) is 17.1 Å². The van der Waals surface area contributed by atoms with E-state index in [0.29, 0.717) is 47.6 Å². The molecule has 1 aliphatic carbocycles. The van der Waals surface area contributed by atoms with Crippen LogP contribution in [0.25, 0.3) is 17.2 Å². The lowest BCUT2D eigenvalue weighted by Crippen LogP contribution is -2.47. The minimum absolute atomic E-state index is 0.00911. The van der Waals surface area contributed by atoms with Gasteiger partial charge in [-0.1, -0.05) is 18.5 Å². The first-order valence-corrected chi connectivity index (χ1v) is 18.3. The van der Waals surface area contributed by atoms with E-state index >= 15 is 0 Å². The number of aromatic hydroxyl groups is 1. The van der Waals surface area contributed by atoms with Gasteiger partial charge in [-0.15, -0.1) is 5.10 Å². The molecule has 2 fully saturated rings. The second-order valence-electron chi connectivity index (χ2n) is 14.5. The van der Waals surface area contributed by atoms with Gasteiger partial charge in [0.15, 0.2) is 23.1 Å². The highest BCUT2D eigenvalue weighted by atomic mass is 35.5. The van der Waals surface area contributed by atoms with E-state index in [0.717, 1.165) is 43.4 Å². The molecule has 0 saturated carbocycles. The molecule has 6 heterocycles. The maximum absolute atomic E-state index is 14.6. The van der Waals surface area contributed by atoms with Gasteiger partial charge in [-0.2, -0.15) is 22.7 Å². The largest absolute Gasteiger partial charge is 0.503 e. The van der Waals surface area contributed by atoms with Crippen molar-refractivity contribution in [3.05, 3.63) is 85.9 Å². The van der Waals surface area contributed by atoms with Crippen LogP contribution >= 0.6 is 11.6 Å². The Labute approximate surface area is 317 Å². The Kier molecular flexibility index (Phi) is 8.81. The molecule has 2 N–H and O–H groups in total. The fourth-order valence-electron chi connectivity index (χ4n) is 8.21. The summed E-state index contributed by atoms with van der Waals surface area (Å²) in [4.78, 5) is 63.1. The Bertz CT molecular complexity index is 2450. The van der Waals surface area contributed by atoms with Crippen LogP contribution < -0.4 is 15.8 Å². The van der Waals surface area contributed by atoms with Crippen LogP contribution in [-0.4, -0.2) is 82.1 Å². The number of nitrogens with one attached hydrogen (secondary N) is 1. The van der Waals surface area contributed by atoms with Gasteiger partial charge in [-0.05, 0) is 75.8 Å². The smallest absolute Gasteiger partial charge is 0.416 e. The number of piperidine rings is 1. The number of alkyl halides is 3. The number of aryl methyl sites for hydroxylation is 2. The molecule has 4 aromatic heterocycles. The highest BCUT2D eigenvalue weighted by Gasteiger charge is 2.49. The zero-order chi connectivity index (χ0) is 39.0. The number of rotatable bonds is 6. The lowest BCUT2D eigenvalue weighted by atomic mass is 9.73. The number of nitrogens with zero attached hydrogens (tertiary/aromatic N) is 9. The maximum Gasteiger partial charge on any atom is 0.416 e. The van der Waals surface area contributed by atoms with Crippen LogP contribution in [-0.2, 0) is 22.9 Å². The van der Waals surface area contributed by atoms with Gasteiger partial charge >= 0.3 is 6.18 Å². The molecule has 18 heteroatoms. The van der Waals surface area contributed by atoms with E-state index in [4.69, 9.17) is 16.6 Å². The first-order chi connectivity index (χ1) is 26.1. The van der Waals surface area contributed by atoms with Gasteiger partial charge in [0.1, 0.15) is 12.9 Å². The van der Waals surface area contributed by atoms with E-state index in [-0.39, 0.29) is 64.9 Å². The number of benzene rings is 1. The second-order valence-corrected chi connectivity index (χ2v) is 14.9. The molecule has 2 amide bonds. The summed E-state index contributed by atoms with van der Waals surface area (Å²) in [5.41, 5.74) is 0.982. The van der Waals surface area contributed by atoms with Gasteiger partial charge in [0, 0.05) is 59.8 Å². The first-order valence-electron chi connectivity index (χ1n) is 17.9. The Hall–Kier alpha value is -5.58. The van der Waals surface area contributed by atoms with Crippen LogP contribution in [0.2, 0.25) is 5.02 Å². The molecule has 55 heavy (non-hydrogen) atoms. The summed E-state index contributed by atoms with van der Waals surface area (Å²) < 4.78 is 42.7. The summed E-state index contributed by atoms with van der Waals surface area (Å²) in [6.07, 6.45) is -1.00. The van der Waals surface area contributed by atoms with Gasteiger partial charge in [0.25, 0.3) is 11.5 Å². The van der Waals surface area contributed by atoms with Gasteiger partial charge in [-0.25, -0.2) is 9.97 Å². The Balaban J connectivity index is 1.16. The van der Waals surface area contributed by atoms with E-state index in [1.807, 2.05) is 24.8 Å². The number of amides is 2. The van der Waals surface area contributed by atoms with Gasteiger partial charge in [-0.3, -0.25) is 19.4 Å². The molecule has 8 rings (SSSR count). The van der Waals surface area contributed by atoms with Gasteiger partial charge in [0.2, 0.25) is 11.7 Å². The van der Waals surface area contributed by atoms with Gasteiger partial charge in [0.05, 0.1) is 16.3 Å². The minimum atomic E-state index is -4.62. The summed E-state index contributed by atoms with van der Waals surface area (Å²) in [7, 11) is 0. The Morgan fingerprint density at radius 3 is 2.45 bits per heavy atom. The molecule has 0 radical (unpaired) electrons. The summed E-state index contributed by atoms with van der Waals surface area (Å²) in [6.45, 7) is 7.26. The molecule has 1 spiro atoms. The monoisotopic (exact) mass is 776 g/mol. The number of hydrogen-bond acceptors (Lipinski definition) is 10. The van der Waals surface area contributed by atoms with Crippen LogP contribution in [0.3, 0.4) is 0 Å². The molecule has 1 atom stereocenters. The van der Waals surface area contributed by atoms with Crippen molar-refractivity contribution in [2.24, 2.45) is 0 Å². The van der Waals surface area contributed by atoms with E-state index < -0.39 is 29.0 Å². The summed E-state index contributed by atoms with van der Waals surface area (Å²) in [5, 5.41) is 17.9. The maximum atomic E-state index is 14.6. The molecule has 14 nitrogen and oxygen atoms in total. The number of halogens is 4. The minimum Gasteiger partial charge on any atom is -0.503 e. The highest BCUT2D eigenvalue weighted by Crippen LogP contribution is 2.50. The van der Waals surface area contributed by atoms with E-state index in [1.165, 1.54) is 10.8 Å². The molecule has 2 aliphatic heterocycles. The lowest BCUT2D eigenvalue weighted by Gasteiger charge is -2.39. The zero-order valence-corrected chi connectivity index (χ0v) is 30.9. The van der Waals surface area contributed by atoms with Crippen molar-refractivity contribution in [2.75, 3.05) is 36.4 Å².